The van der Waals surface area contributed by atoms with Crippen LogP contribution >= 0.6 is 0 Å². The molecule has 0 bridgehead atoms. The van der Waals surface area contributed by atoms with E-state index in [1.165, 1.54) is 12.1 Å². The van der Waals surface area contributed by atoms with E-state index in [0.717, 1.165) is 12.1 Å². The second-order valence-corrected chi connectivity index (χ2v) is 5.98. The molecule has 1 aromatic rings. The third kappa shape index (κ3) is 6.87. The van der Waals surface area contributed by atoms with Crippen LogP contribution in [0, 0.1) is 0 Å². The summed E-state index contributed by atoms with van der Waals surface area (Å²) in [4.78, 5) is 22.3. The number of phenols is 1. The minimum absolute atomic E-state index is 0.0186. The van der Waals surface area contributed by atoms with Crippen molar-refractivity contribution in [2.24, 2.45) is 0 Å². The molecule has 0 aliphatic carbocycles. The van der Waals surface area contributed by atoms with Gasteiger partial charge in [0, 0.05) is 0 Å². The summed E-state index contributed by atoms with van der Waals surface area (Å²) in [6.45, 7) is 1.88. The maximum Gasteiger partial charge on any atom is 0.421 e. The lowest BCUT2D eigenvalue weighted by atomic mass is 10.3. The van der Waals surface area contributed by atoms with Crippen LogP contribution in [0.3, 0.4) is 0 Å². The van der Waals surface area contributed by atoms with Crippen LogP contribution in [0.4, 0.5) is 9.59 Å². The van der Waals surface area contributed by atoms with Crippen molar-refractivity contribution >= 4 is 22.2 Å². The average molecular weight is 346 g/mol. The van der Waals surface area contributed by atoms with E-state index in [4.69, 9.17) is 9.84 Å². The number of amides is 2. The van der Waals surface area contributed by atoms with Crippen LogP contribution in [0.1, 0.15) is 13.3 Å². The van der Waals surface area contributed by atoms with Gasteiger partial charge in [-0.1, -0.05) is 6.92 Å². The van der Waals surface area contributed by atoms with Crippen molar-refractivity contribution in [2.75, 3.05) is 19.8 Å². The largest absolute Gasteiger partial charge is 0.508 e. The van der Waals surface area contributed by atoms with Crippen molar-refractivity contribution in [1.82, 2.24) is 10.0 Å². The monoisotopic (exact) mass is 346 g/mol. The molecule has 0 aliphatic rings. The van der Waals surface area contributed by atoms with Gasteiger partial charge in [0.15, 0.2) is 0 Å². The van der Waals surface area contributed by atoms with Crippen LogP contribution in [0.25, 0.3) is 0 Å². The fraction of sp³-hybridized carbons (Fsp3) is 0.385. The van der Waals surface area contributed by atoms with Gasteiger partial charge in [0.05, 0.1) is 18.0 Å². The number of rotatable bonds is 7. The number of phenolic OH excluding ortho intramolecular Hbond substituents is 1. The summed E-state index contributed by atoms with van der Waals surface area (Å²) in [6.07, 6.45) is -1.14. The molecule has 9 nitrogen and oxygen atoms in total. The van der Waals surface area contributed by atoms with E-state index >= 15 is 0 Å². The molecule has 0 unspecified atom stereocenters. The third-order valence-electron chi connectivity index (χ3n) is 2.41. The van der Waals surface area contributed by atoms with Gasteiger partial charge in [0.2, 0.25) is 0 Å². The topological polar surface area (TPSA) is 131 Å². The highest BCUT2D eigenvalue weighted by atomic mass is 32.2. The molecule has 0 fully saturated rings. The van der Waals surface area contributed by atoms with Crippen molar-refractivity contribution in [2.45, 2.75) is 18.2 Å². The highest BCUT2D eigenvalue weighted by molar-refractivity contribution is 7.90. The number of hydrogen-bond acceptors (Lipinski definition) is 7. The van der Waals surface area contributed by atoms with E-state index in [2.05, 4.69) is 10.1 Å². The maximum atomic E-state index is 11.8. The standard InChI is InChI=1S/C13H18N2O7S/c1-2-8-21-12(17)14-7-9-22-13(18)15-23(19,20)11-5-3-10(16)4-6-11/h3-6,16H,2,7-9H2,1H3,(H,14,17)(H,15,18). The van der Waals surface area contributed by atoms with Crippen LogP contribution in [0.2, 0.25) is 0 Å². The molecular formula is C13H18N2O7S. The Hall–Kier alpha value is -2.49. The Morgan fingerprint density at radius 2 is 1.70 bits per heavy atom. The van der Waals surface area contributed by atoms with Crippen molar-refractivity contribution in [3.8, 4) is 5.75 Å². The summed E-state index contributed by atoms with van der Waals surface area (Å²) >= 11 is 0. The molecule has 0 atom stereocenters. The normalized spacial score (nSPS) is 10.7. The van der Waals surface area contributed by atoms with Crippen molar-refractivity contribution in [1.29, 1.82) is 0 Å². The van der Waals surface area contributed by atoms with E-state index in [1.54, 1.807) is 4.72 Å². The number of sulfonamides is 1. The minimum atomic E-state index is -4.09. The van der Waals surface area contributed by atoms with Gasteiger partial charge in [-0.05, 0) is 30.7 Å². The molecule has 0 radical (unpaired) electrons. The molecule has 1 aromatic carbocycles. The molecular weight excluding hydrogens is 328 g/mol. The lowest BCUT2D eigenvalue weighted by Crippen LogP contribution is -2.34. The van der Waals surface area contributed by atoms with Crippen molar-refractivity contribution in [3.05, 3.63) is 24.3 Å². The lowest BCUT2D eigenvalue weighted by Gasteiger charge is -2.09. The smallest absolute Gasteiger partial charge is 0.421 e. The first-order chi connectivity index (χ1) is 10.8. The van der Waals surface area contributed by atoms with Gasteiger partial charge >= 0.3 is 12.2 Å². The van der Waals surface area contributed by atoms with E-state index in [-0.39, 0.29) is 30.4 Å². The summed E-state index contributed by atoms with van der Waals surface area (Å²) in [5, 5.41) is 11.4. The van der Waals surface area contributed by atoms with Crippen LogP contribution in [0.15, 0.2) is 29.2 Å². The summed E-state index contributed by atoms with van der Waals surface area (Å²) in [5.74, 6) is -0.104. The number of hydrogen-bond donors (Lipinski definition) is 3. The number of nitrogens with one attached hydrogen (secondary N) is 2. The van der Waals surface area contributed by atoms with Gasteiger partial charge in [0.25, 0.3) is 10.0 Å². The molecule has 2 amide bonds. The molecule has 10 heteroatoms. The van der Waals surface area contributed by atoms with E-state index < -0.39 is 22.2 Å². The van der Waals surface area contributed by atoms with E-state index in [9.17, 15) is 18.0 Å². The Morgan fingerprint density at radius 1 is 1.09 bits per heavy atom. The van der Waals surface area contributed by atoms with Crippen LogP contribution < -0.4 is 10.0 Å². The second-order valence-electron chi connectivity index (χ2n) is 4.30. The predicted molar refractivity (Wildman–Crippen MR) is 79.4 cm³/mol. The molecule has 1 rings (SSSR count). The molecule has 0 saturated carbocycles. The van der Waals surface area contributed by atoms with E-state index in [0.29, 0.717) is 6.42 Å². The number of aromatic hydroxyl groups is 1. The van der Waals surface area contributed by atoms with Gasteiger partial charge in [-0.2, -0.15) is 0 Å². The fourth-order valence-corrected chi connectivity index (χ4v) is 2.26. The lowest BCUT2D eigenvalue weighted by molar-refractivity contribution is 0.134. The summed E-state index contributed by atoms with van der Waals surface area (Å²) < 4.78 is 34.7. The zero-order chi connectivity index (χ0) is 17.3. The quantitative estimate of drug-likeness (QED) is 0.626. The number of carbonyl (C=O) groups excluding carboxylic acids is 2. The molecule has 23 heavy (non-hydrogen) atoms. The fourth-order valence-electron chi connectivity index (χ4n) is 1.37. The molecule has 0 aromatic heterocycles. The average Bonchev–Trinajstić information content (AvgIpc) is 2.49. The molecule has 128 valence electrons. The zero-order valence-electron chi connectivity index (χ0n) is 12.4. The van der Waals surface area contributed by atoms with E-state index in [1.807, 2.05) is 6.92 Å². The van der Waals surface area contributed by atoms with Crippen LogP contribution in [-0.2, 0) is 19.5 Å². The Labute approximate surface area is 133 Å². The first-order valence-corrected chi connectivity index (χ1v) is 8.22. The molecule has 0 aliphatic heterocycles. The number of ether oxygens (including phenoxy) is 2. The first-order valence-electron chi connectivity index (χ1n) is 6.74. The maximum absolute atomic E-state index is 11.8. The molecule has 3 N–H and O–H groups in total. The summed E-state index contributed by atoms with van der Waals surface area (Å²) in [5.41, 5.74) is 0. The molecule has 0 heterocycles. The summed E-state index contributed by atoms with van der Waals surface area (Å²) in [6, 6.07) is 4.62. The summed E-state index contributed by atoms with van der Waals surface area (Å²) in [7, 11) is -4.09. The Balaban J connectivity index is 2.36. The van der Waals surface area contributed by atoms with Gasteiger partial charge in [-0.3, -0.25) is 0 Å². The predicted octanol–water partition coefficient (Wildman–Crippen LogP) is 0.943. The Bertz CT molecular complexity index is 628. The van der Waals surface area contributed by atoms with Crippen molar-refractivity contribution in [3.63, 3.8) is 0 Å². The SMILES string of the molecule is CCCOC(=O)NCCOC(=O)NS(=O)(=O)c1ccc(O)cc1. The van der Waals surface area contributed by atoms with Gasteiger partial charge in [0.1, 0.15) is 12.4 Å². The number of alkyl carbamates (subject to hydrolysis) is 1. The second kappa shape index (κ2) is 8.83. The number of benzene rings is 1. The third-order valence-corrected chi connectivity index (χ3v) is 3.73. The van der Waals surface area contributed by atoms with Gasteiger partial charge in [-0.25, -0.2) is 22.7 Å². The van der Waals surface area contributed by atoms with Gasteiger partial charge < -0.3 is 19.9 Å². The Morgan fingerprint density at radius 3 is 2.30 bits per heavy atom. The van der Waals surface area contributed by atoms with Crippen molar-refractivity contribution < 1.29 is 32.6 Å². The highest BCUT2D eigenvalue weighted by Crippen LogP contribution is 2.14. The minimum Gasteiger partial charge on any atom is -0.508 e. The van der Waals surface area contributed by atoms with Gasteiger partial charge in [-0.15, -0.1) is 0 Å². The first kappa shape index (κ1) is 18.6. The van der Waals surface area contributed by atoms with Crippen LogP contribution in [-0.4, -0.2) is 45.5 Å². The number of carbonyl (C=O) groups is 2. The zero-order valence-corrected chi connectivity index (χ0v) is 13.3. The van der Waals surface area contributed by atoms with Crippen LogP contribution in [0.5, 0.6) is 5.75 Å². The highest BCUT2D eigenvalue weighted by Gasteiger charge is 2.18. The Kier molecular flexibility index (Phi) is 7.13. The molecule has 0 spiro atoms. The molecule has 0 saturated heterocycles.